The second-order valence-corrected chi connectivity index (χ2v) is 18.3. The molecule has 7 heterocycles. The Labute approximate surface area is 362 Å². The van der Waals surface area contributed by atoms with E-state index in [-0.39, 0.29) is 47.3 Å². The van der Waals surface area contributed by atoms with Gasteiger partial charge in [0.15, 0.2) is 0 Å². The second-order valence-electron chi connectivity index (χ2n) is 18.3. The van der Waals surface area contributed by atoms with Gasteiger partial charge in [-0.3, -0.25) is 24.4 Å². The number of likely N-dealkylation sites (tertiary alicyclic amines) is 1. The lowest BCUT2D eigenvalue weighted by molar-refractivity contribution is -0.134. The first-order valence-electron chi connectivity index (χ1n) is 22.7. The fraction of sp³-hybridized carbons (Fsp3) is 0.500. The minimum absolute atomic E-state index is 0.136. The Kier molecular flexibility index (Phi) is 11.9. The van der Waals surface area contributed by atoms with E-state index in [1.807, 2.05) is 55.2 Å². The maximum absolute atomic E-state index is 15.4. The number of aromatic nitrogens is 5. The van der Waals surface area contributed by atoms with Crippen molar-refractivity contribution in [3.63, 3.8) is 0 Å². The molecule has 1 aliphatic carbocycles. The molecule has 3 N–H and O–H groups in total. The highest BCUT2D eigenvalue weighted by molar-refractivity contribution is 6.01. The van der Waals surface area contributed by atoms with Crippen molar-refractivity contribution >= 4 is 34.7 Å². The lowest BCUT2D eigenvalue weighted by Crippen LogP contribution is -2.50. The van der Waals surface area contributed by atoms with Gasteiger partial charge in [0.25, 0.3) is 0 Å². The van der Waals surface area contributed by atoms with Crippen LogP contribution < -0.4 is 20.9 Å². The van der Waals surface area contributed by atoms with Crippen LogP contribution in [0.25, 0.3) is 27.8 Å². The van der Waals surface area contributed by atoms with Crippen molar-refractivity contribution in [3.05, 3.63) is 84.8 Å². The van der Waals surface area contributed by atoms with E-state index in [0.29, 0.717) is 24.2 Å². The van der Waals surface area contributed by atoms with Crippen molar-refractivity contribution in [1.29, 1.82) is 0 Å². The summed E-state index contributed by atoms with van der Waals surface area (Å²) in [6.07, 6.45) is 19.3. The van der Waals surface area contributed by atoms with Crippen molar-refractivity contribution in [2.45, 2.75) is 121 Å². The van der Waals surface area contributed by atoms with Crippen LogP contribution in [0, 0.1) is 11.2 Å². The number of carbonyl (C=O) groups is 3. The van der Waals surface area contributed by atoms with E-state index in [0.717, 1.165) is 123 Å². The molecule has 1 saturated carbocycles. The number of halogens is 1. The molecule has 4 aromatic heterocycles. The van der Waals surface area contributed by atoms with Crippen LogP contribution in [0.15, 0.2) is 73.4 Å². The number of imide groups is 1. The average molecular weight is 843 g/mol. The highest BCUT2D eigenvalue weighted by Gasteiger charge is 2.40. The predicted octanol–water partition coefficient (Wildman–Crippen LogP) is 7.50. The number of hydrogen-bond donors (Lipinski definition) is 3. The van der Waals surface area contributed by atoms with Gasteiger partial charge in [-0.2, -0.15) is 10.2 Å². The molecule has 62 heavy (non-hydrogen) atoms. The van der Waals surface area contributed by atoms with Crippen molar-refractivity contribution < 1.29 is 18.8 Å². The zero-order valence-corrected chi connectivity index (χ0v) is 36.2. The maximum atomic E-state index is 15.4. The summed E-state index contributed by atoms with van der Waals surface area (Å²) in [5.41, 5.74) is 6.19. The van der Waals surface area contributed by atoms with Gasteiger partial charge in [-0.15, -0.1) is 0 Å². The standard InChI is InChI=1S/C48H59FN10O3/c1-4-48(47(62)53-31(2)3)18-23-57(24-19-48)44-13-5-33(27-50-44)40-25-34(29-59-43(40)15-20-51-59)35-28-52-58(30-35)38-9-7-37(8-10-38)56-21-16-32(17-22-56)39-11-6-36(26-41(39)49)54-42-12-14-45(60)55-46(42)61/h5-6,11,13,15,20,25-32,37-38,42,54H,4,7-10,12,14,16-19,21-24H2,1-3H3,(H,53,62)(H,55,60,61)/t37-,38-,42?. The topological polar surface area (TPSA) is 142 Å². The smallest absolute Gasteiger partial charge is 0.249 e. The van der Waals surface area contributed by atoms with Gasteiger partial charge in [-0.25, -0.2) is 13.9 Å². The third-order valence-corrected chi connectivity index (χ3v) is 14.2. The van der Waals surface area contributed by atoms with Crippen LogP contribution >= 0.6 is 0 Å². The fourth-order valence-electron chi connectivity index (χ4n) is 10.4. The maximum Gasteiger partial charge on any atom is 0.249 e. The molecule has 0 radical (unpaired) electrons. The molecule has 5 aromatic rings. The summed E-state index contributed by atoms with van der Waals surface area (Å²) in [4.78, 5) is 46.6. The molecule has 4 aliphatic rings. The van der Waals surface area contributed by atoms with Gasteiger partial charge in [0.2, 0.25) is 17.7 Å². The number of benzene rings is 1. The number of carbonyl (C=O) groups excluding carboxylic acids is 3. The number of fused-ring (bicyclic) bond motifs is 1. The van der Waals surface area contributed by atoms with E-state index in [1.165, 1.54) is 6.07 Å². The molecule has 4 fully saturated rings. The first kappa shape index (κ1) is 41.7. The van der Waals surface area contributed by atoms with Crippen LogP contribution in [0.3, 0.4) is 0 Å². The minimum Gasteiger partial charge on any atom is -0.374 e. The Hall–Kier alpha value is -5.63. The number of anilines is 2. The number of rotatable bonds is 11. The second kappa shape index (κ2) is 17.6. The molecule has 3 amide bonds. The monoisotopic (exact) mass is 842 g/mol. The summed E-state index contributed by atoms with van der Waals surface area (Å²) in [6.45, 7) is 9.67. The zero-order valence-electron chi connectivity index (χ0n) is 36.2. The van der Waals surface area contributed by atoms with E-state index >= 15 is 4.39 Å². The number of pyridine rings is 2. The Bertz CT molecular complexity index is 2400. The van der Waals surface area contributed by atoms with E-state index < -0.39 is 6.04 Å². The normalized spacial score (nSPS) is 22.5. The van der Waals surface area contributed by atoms with Crippen LogP contribution in [-0.2, 0) is 14.4 Å². The SMILES string of the molecule is CCC1(C(=O)NC(C)C)CCN(c2ccc(-c3cc(-c4cnn([C@H]5CC[C@H](N6CCC(c7ccc(NC8CCC(=O)NC8=O)cc7F)CC6)CC5)c4)cn4nccc34)cn2)CC1. The molecule has 14 heteroatoms. The average Bonchev–Trinajstić information content (AvgIpc) is 3.98. The van der Waals surface area contributed by atoms with Gasteiger partial charge in [-0.1, -0.05) is 13.0 Å². The van der Waals surface area contributed by atoms with Crippen molar-refractivity contribution in [2.75, 3.05) is 36.4 Å². The van der Waals surface area contributed by atoms with Crippen LogP contribution in [0.1, 0.15) is 109 Å². The summed E-state index contributed by atoms with van der Waals surface area (Å²) < 4.78 is 19.5. The molecule has 9 rings (SSSR count). The Morgan fingerprint density at radius 3 is 2.34 bits per heavy atom. The Morgan fingerprint density at radius 1 is 0.871 bits per heavy atom. The Morgan fingerprint density at radius 2 is 1.65 bits per heavy atom. The van der Waals surface area contributed by atoms with Crippen LogP contribution in [0.2, 0.25) is 0 Å². The molecule has 1 aromatic carbocycles. The van der Waals surface area contributed by atoms with Crippen LogP contribution in [-0.4, -0.2) is 91.3 Å². The largest absolute Gasteiger partial charge is 0.374 e. The van der Waals surface area contributed by atoms with E-state index in [2.05, 4.69) is 73.0 Å². The van der Waals surface area contributed by atoms with Gasteiger partial charge in [0.1, 0.15) is 17.7 Å². The summed E-state index contributed by atoms with van der Waals surface area (Å²) in [7, 11) is 0. The van der Waals surface area contributed by atoms with Crippen molar-refractivity contribution in [3.8, 4) is 22.3 Å². The van der Waals surface area contributed by atoms with Crippen LogP contribution in [0.5, 0.6) is 0 Å². The van der Waals surface area contributed by atoms with Gasteiger partial charge >= 0.3 is 0 Å². The summed E-state index contributed by atoms with van der Waals surface area (Å²) in [5.74, 6) is 0.408. The van der Waals surface area contributed by atoms with E-state index in [9.17, 15) is 14.4 Å². The molecular weight excluding hydrogens is 784 g/mol. The lowest BCUT2D eigenvalue weighted by Gasteiger charge is -2.41. The molecule has 1 atom stereocenters. The van der Waals surface area contributed by atoms with Gasteiger partial charge < -0.3 is 20.4 Å². The van der Waals surface area contributed by atoms with Crippen LogP contribution in [0.4, 0.5) is 15.9 Å². The zero-order chi connectivity index (χ0) is 43.0. The fourth-order valence-corrected chi connectivity index (χ4v) is 10.4. The summed E-state index contributed by atoms with van der Waals surface area (Å²) in [6, 6.07) is 14.2. The Balaban J connectivity index is 0.793. The molecule has 3 saturated heterocycles. The number of piperidine rings is 3. The predicted molar refractivity (Wildman–Crippen MR) is 238 cm³/mol. The van der Waals surface area contributed by atoms with E-state index in [1.54, 1.807) is 0 Å². The number of amides is 3. The highest BCUT2D eigenvalue weighted by Crippen LogP contribution is 2.39. The third kappa shape index (κ3) is 8.58. The quantitative estimate of drug-likeness (QED) is 0.115. The summed E-state index contributed by atoms with van der Waals surface area (Å²) >= 11 is 0. The lowest BCUT2D eigenvalue weighted by atomic mass is 9.75. The molecule has 13 nitrogen and oxygen atoms in total. The molecule has 326 valence electrons. The molecule has 3 aliphatic heterocycles. The molecule has 1 unspecified atom stereocenters. The first-order valence-corrected chi connectivity index (χ1v) is 22.7. The molecule has 0 bridgehead atoms. The molecular formula is C48H59FN10O3. The number of nitrogens with one attached hydrogen (secondary N) is 3. The van der Waals surface area contributed by atoms with Crippen molar-refractivity contribution in [2.24, 2.45) is 5.41 Å². The number of nitrogens with zero attached hydrogens (tertiary/aromatic N) is 7. The van der Waals surface area contributed by atoms with Crippen molar-refractivity contribution in [1.82, 2.24) is 39.9 Å². The molecule has 0 spiro atoms. The first-order chi connectivity index (χ1) is 30.1. The highest BCUT2D eigenvalue weighted by atomic mass is 19.1. The van der Waals surface area contributed by atoms with E-state index in [4.69, 9.17) is 10.1 Å². The van der Waals surface area contributed by atoms with Gasteiger partial charge in [0, 0.05) is 84.3 Å². The minimum atomic E-state index is -0.534. The van der Waals surface area contributed by atoms with Gasteiger partial charge in [-0.05, 0) is 139 Å². The number of hydrogen-bond acceptors (Lipinski definition) is 9. The van der Waals surface area contributed by atoms with Gasteiger partial charge in [0.05, 0.1) is 23.2 Å². The summed E-state index contributed by atoms with van der Waals surface area (Å²) in [5, 5.41) is 18.1. The third-order valence-electron chi connectivity index (χ3n) is 14.2.